The molecule has 148 valence electrons. The van der Waals surface area contributed by atoms with Crippen molar-refractivity contribution >= 4 is 5.84 Å². The number of allylic oxidation sites excluding steroid dienone is 3. The van der Waals surface area contributed by atoms with Crippen LogP contribution in [-0.4, -0.2) is 54.8 Å². The van der Waals surface area contributed by atoms with Gasteiger partial charge in [-0.15, -0.1) is 0 Å². The molecule has 3 aliphatic rings. The van der Waals surface area contributed by atoms with E-state index in [1.807, 2.05) is 34.9 Å². The first-order chi connectivity index (χ1) is 13.7. The maximum atomic E-state index is 10.8. The van der Waals surface area contributed by atoms with E-state index in [4.69, 9.17) is 4.99 Å². The maximum Gasteiger partial charge on any atom is 0.155 e. The van der Waals surface area contributed by atoms with Crippen molar-refractivity contribution in [3.63, 3.8) is 0 Å². The van der Waals surface area contributed by atoms with Crippen LogP contribution >= 0.6 is 0 Å². The Morgan fingerprint density at radius 3 is 2.64 bits per heavy atom. The third-order valence-corrected chi connectivity index (χ3v) is 5.59. The lowest BCUT2D eigenvalue weighted by Gasteiger charge is -2.38. The highest BCUT2D eigenvalue weighted by Gasteiger charge is 2.29. The van der Waals surface area contributed by atoms with Gasteiger partial charge in [0.25, 0.3) is 0 Å². The second-order valence-corrected chi connectivity index (χ2v) is 7.44. The SMILES string of the molecule is C/C=C/N1C(C2=CCCC=C2C)=NC(N2CCC(n3cncn3)CC2)=CC1O. The van der Waals surface area contributed by atoms with Crippen molar-refractivity contribution < 1.29 is 5.11 Å². The molecule has 1 aliphatic carbocycles. The van der Waals surface area contributed by atoms with Crippen LogP contribution in [0.15, 0.2) is 65.1 Å². The number of likely N-dealkylation sites (tertiary alicyclic amines) is 1. The highest BCUT2D eigenvalue weighted by molar-refractivity contribution is 6.04. The van der Waals surface area contributed by atoms with Gasteiger partial charge in [-0.05, 0) is 45.1 Å². The molecule has 4 rings (SSSR count). The van der Waals surface area contributed by atoms with E-state index >= 15 is 0 Å². The summed E-state index contributed by atoms with van der Waals surface area (Å²) in [6.45, 7) is 5.85. The summed E-state index contributed by atoms with van der Waals surface area (Å²) in [6.07, 6.45) is 16.9. The van der Waals surface area contributed by atoms with Crippen molar-refractivity contribution in [3.8, 4) is 0 Å². The molecular weight excluding hydrogens is 352 g/mol. The van der Waals surface area contributed by atoms with E-state index in [0.717, 1.165) is 56.0 Å². The van der Waals surface area contributed by atoms with E-state index in [0.29, 0.717) is 6.04 Å². The zero-order chi connectivity index (χ0) is 19.5. The van der Waals surface area contributed by atoms with Gasteiger partial charge < -0.3 is 14.9 Å². The van der Waals surface area contributed by atoms with Crippen LogP contribution in [0.3, 0.4) is 0 Å². The van der Waals surface area contributed by atoms with Crippen molar-refractivity contribution in [2.45, 2.75) is 51.8 Å². The summed E-state index contributed by atoms with van der Waals surface area (Å²) in [7, 11) is 0. The molecule has 1 aromatic rings. The molecule has 0 spiro atoms. The van der Waals surface area contributed by atoms with Gasteiger partial charge in [0.1, 0.15) is 24.3 Å². The second-order valence-electron chi connectivity index (χ2n) is 7.44. The first kappa shape index (κ1) is 18.7. The van der Waals surface area contributed by atoms with Crippen molar-refractivity contribution in [1.82, 2.24) is 24.6 Å². The summed E-state index contributed by atoms with van der Waals surface area (Å²) in [5.74, 6) is 1.69. The predicted molar refractivity (Wildman–Crippen MR) is 109 cm³/mol. The summed E-state index contributed by atoms with van der Waals surface area (Å²) in [5, 5.41) is 15.1. The molecule has 1 unspecified atom stereocenters. The molecule has 1 N–H and O–H groups in total. The van der Waals surface area contributed by atoms with Gasteiger partial charge in [0.15, 0.2) is 6.23 Å². The number of aliphatic hydroxyl groups excluding tert-OH is 1. The summed E-state index contributed by atoms with van der Waals surface area (Å²) >= 11 is 0. The summed E-state index contributed by atoms with van der Waals surface area (Å²) in [5.41, 5.74) is 2.34. The highest BCUT2D eigenvalue weighted by Crippen LogP contribution is 2.30. The topological polar surface area (TPSA) is 69.8 Å². The number of aliphatic imine (C=N–C) groups is 1. The van der Waals surface area contributed by atoms with Gasteiger partial charge in [0.2, 0.25) is 0 Å². The number of amidine groups is 1. The molecule has 1 fully saturated rings. The molecule has 3 heterocycles. The Bertz CT molecular complexity index is 840. The normalized spacial score (nSPS) is 24.2. The molecular formula is C21H28N6O. The molecule has 0 saturated carbocycles. The standard InChI is InChI=1S/C21H28N6O/c1-3-10-26-20(28)13-19(24-21(26)18-7-5-4-6-16(18)2)25-11-8-17(9-12-25)27-15-22-14-23-27/h3,6-7,10,13-15,17,20,28H,4-5,8-9,11-12H2,1-2H3/b10-3+. The Morgan fingerprint density at radius 2 is 1.96 bits per heavy atom. The smallest absolute Gasteiger partial charge is 0.155 e. The summed E-state index contributed by atoms with van der Waals surface area (Å²) in [4.78, 5) is 13.2. The second kappa shape index (κ2) is 8.14. The van der Waals surface area contributed by atoms with Crippen LogP contribution in [0.5, 0.6) is 0 Å². The number of piperidine rings is 1. The van der Waals surface area contributed by atoms with Crippen LogP contribution in [0, 0.1) is 0 Å². The fourth-order valence-electron chi connectivity index (χ4n) is 4.07. The fraction of sp³-hybridized carbons (Fsp3) is 0.476. The van der Waals surface area contributed by atoms with Crippen molar-refractivity contribution in [2.75, 3.05) is 13.1 Å². The number of aromatic nitrogens is 3. The maximum absolute atomic E-state index is 10.8. The molecule has 0 bridgehead atoms. The lowest BCUT2D eigenvalue weighted by molar-refractivity contribution is 0.118. The zero-order valence-corrected chi connectivity index (χ0v) is 16.6. The van der Waals surface area contributed by atoms with E-state index in [9.17, 15) is 5.11 Å². The Hall–Kier alpha value is -2.67. The van der Waals surface area contributed by atoms with E-state index in [-0.39, 0.29) is 0 Å². The average Bonchev–Trinajstić information content (AvgIpc) is 3.25. The van der Waals surface area contributed by atoms with Crippen LogP contribution in [0.2, 0.25) is 0 Å². The van der Waals surface area contributed by atoms with Crippen LogP contribution in [0.25, 0.3) is 0 Å². The highest BCUT2D eigenvalue weighted by atomic mass is 16.3. The summed E-state index contributed by atoms with van der Waals surface area (Å²) < 4.78 is 1.95. The quantitative estimate of drug-likeness (QED) is 0.870. The van der Waals surface area contributed by atoms with E-state index in [2.05, 4.69) is 34.1 Å². The molecule has 1 aromatic heterocycles. The van der Waals surface area contributed by atoms with Gasteiger partial charge in [-0.3, -0.25) is 0 Å². The van der Waals surface area contributed by atoms with Crippen LogP contribution in [0.4, 0.5) is 0 Å². The van der Waals surface area contributed by atoms with Crippen LogP contribution in [0.1, 0.15) is 45.6 Å². The minimum atomic E-state index is -0.720. The molecule has 7 heteroatoms. The molecule has 28 heavy (non-hydrogen) atoms. The molecule has 7 nitrogen and oxygen atoms in total. The monoisotopic (exact) mass is 380 g/mol. The van der Waals surface area contributed by atoms with E-state index < -0.39 is 6.23 Å². The summed E-state index contributed by atoms with van der Waals surface area (Å²) in [6, 6.07) is 0.377. The van der Waals surface area contributed by atoms with Crippen molar-refractivity contribution in [1.29, 1.82) is 0 Å². The Balaban J connectivity index is 1.56. The molecule has 0 amide bonds. The van der Waals surface area contributed by atoms with Crippen LogP contribution < -0.4 is 0 Å². The van der Waals surface area contributed by atoms with Crippen LogP contribution in [-0.2, 0) is 0 Å². The zero-order valence-electron chi connectivity index (χ0n) is 16.6. The lowest BCUT2D eigenvalue weighted by atomic mass is 9.97. The van der Waals surface area contributed by atoms with E-state index in [1.54, 1.807) is 12.7 Å². The number of rotatable bonds is 4. The Kier molecular flexibility index (Phi) is 5.43. The fourth-order valence-corrected chi connectivity index (χ4v) is 4.07. The molecule has 1 saturated heterocycles. The molecule has 0 aromatic carbocycles. The van der Waals surface area contributed by atoms with Gasteiger partial charge in [0, 0.05) is 30.9 Å². The van der Waals surface area contributed by atoms with Gasteiger partial charge >= 0.3 is 0 Å². The number of hydrogen-bond donors (Lipinski definition) is 1. The Labute approximate surface area is 166 Å². The van der Waals surface area contributed by atoms with Gasteiger partial charge in [-0.2, -0.15) is 5.10 Å². The van der Waals surface area contributed by atoms with E-state index in [1.165, 1.54) is 5.57 Å². The number of nitrogens with zero attached hydrogens (tertiary/aromatic N) is 6. The first-order valence-electron chi connectivity index (χ1n) is 10.0. The molecule has 1 atom stereocenters. The lowest BCUT2D eigenvalue weighted by Crippen LogP contribution is -2.42. The van der Waals surface area contributed by atoms with Gasteiger partial charge in [-0.1, -0.05) is 18.2 Å². The first-order valence-corrected chi connectivity index (χ1v) is 10.0. The minimum absolute atomic E-state index is 0.377. The number of aliphatic hydroxyl groups is 1. The molecule has 2 aliphatic heterocycles. The largest absolute Gasteiger partial charge is 0.369 e. The number of hydrogen-bond acceptors (Lipinski definition) is 6. The third-order valence-electron chi connectivity index (χ3n) is 5.59. The van der Waals surface area contributed by atoms with Gasteiger partial charge in [-0.25, -0.2) is 14.7 Å². The van der Waals surface area contributed by atoms with Crippen molar-refractivity contribution in [2.24, 2.45) is 4.99 Å². The average molecular weight is 380 g/mol. The Morgan fingerprint density at radius 1 is 1.18 bits per heavy atom. The van der Waals surface area contributed by atoms with Gasteiger partial charge in [0.05, 0.1) is 6.04 Å². The molecule has 0 radical (unpaired) electrons. The van der Waals surface area contributed by atoms with Crippen molar-refractivity contribution in [3.05, 3.63) is 60.1 Å². The third kappa shape index (κ3) is 3.67. The predicted octanol–water partition coefficient (Wildman–Crippen LogP) is 2.99. The minimum Gasteiger partial charge on any atom is -0.369 e.